The summed E-state index contributed by atoms with van der Waals surface area (Å²) in [5.41, 5.74) is 0.488. The first-order chi connectivity index (χ1) is 11.0. The molecule has 0 amide bonds. The van der Waals surface area contributed by atoms with E-state index in [1.54, 1.807) is 42.5 Å². The zero-order valence-electron chi connectivity index (χ0n) is 12.1. The number of nitrogens with zero attached hydrogens (tertiary/aromatic N) is 1. The minimum Gasteiger partial charge on any atom is -0.466 e. The van der Waals surface area contributed by atoms with Gasteiger partial charge in [0.2, 0.25) is 20.8 Å². The number of oxazole rings is 1. The van der Waals surface area contributed by atoms with E-state index in [1.165, 1.54) is 19.2 Å². The molecule has 0 saturated heterocycles. The molecule has 0 aliphatic rings. The third-order valence-corrected chi connectivity index (χ3v) is 5.15. The van der Waals surface area contributed by atoms with Gasteiger partial charge in [-0.2, -0.15) is 4.98 Å². The van der Waals surface area contributed by atoms with Crippen LogP contribution in [0.15, 0.2) is 68.9 Å². The molecule has 0 aliphatic heterocycles. The van der Waals surface area contributed by atoms with Gasteiger partial charge < -0.3 is 9.15 Å². The molecule has 5 nitrogen and oxygen atoms in total. The first-order valence-electron chi connectivity index (χ1n) is 6.64. The molecule has 0 N–H and O–H groups in total. The van der Waals surface area contributed by atoms with Crippen molar-refractivity contribution in [1.29, 1.82) is 0 Å². The summed E-state index contributed by atoms with van der Waals surface area (Å²) in [6.45, 7) is 0. The summed E-state index contributed by atoms with van der Waals surface area (Å²) in [5, 5.41) is 0.126. The average molecular weight is 350 g/mol. The second kappa shape index (κ2) is 6.06. The van der Waals surface area contributed by atoms with Crippen LogP contribution in [0.4, 0.5) is 0 Å². The van der Waals surface area contributed by atoms with Gasteiger partial charge in [-0.3, -0.25) is 0 Å². The van der Waals surface area contributed by atoms with E-state index in [4.69, 9.17) is 20.8 Å². The van der Waals surface area contributed by atoms with E-state index >= 15 is 0 Å². The molecule has 0 spiro atoms. The molecular formula is C16H12ClNO4S. The molecule has 7 heteroatoms. The summed E-state index contributed by atoms with van der Waals surface area (Å²) in [6.07, 6.45) is 0. The van der Waals surface area contributed by atoms with E-state index in [2.05, 4.69) is 4.98 Å². The molecule has 3 rings (SSSR count). The highest BCUT2D eigenvalue weighted by Crippen LogP contribution is 2.35. The summed E-state index contributed by atoms with van der Waals surface area (Å²) >= 11 is 6.10. The van der Waals surface area contributed by atoms with Gasteiger partial charge in [0.15, 0.2) is 0 Å². The van der Waals surface area contributed by atoms with E-state index in [0.29, 0.717) is 10.6 Å². The van der Waals surface area contributed by atoms with E-state index in [0.717, 1.165) is 0 Å². The SMILES string of the molecule is COc1oc(-c2ccccc2Cl)nc1S(=O)(=O)c1ccccc1. The van der Waals surface area contributed by atoms with E-state index < -0.39 is 9.84 Å². The Morgan fingerprint density at radius 1 is 1.04 bits per heavy atom. The normalized spacial score (nSPS) is 11.4. The monoisotopic (exact) mass is 349 g/mol. The molecular weight excluding hydrogens is 338 g/mol. The molecule has 0 unspecified atom stereocenters. The molecule has 0 fully saturated rings. The van der Waals surface area contributed by atoms with Crippen LogP contribution in [0.3, 0.4) is 0 Å². The fraction of sp³-hybridized carbons (Fsp3) is 0.0625. The van der Waals surface area contributed by atoms with Crippen LogP contribution < -0.4 is 4.74 Å². The van der Waals surface area contributed by atoms with Crippen LogP contribution in [-0.2, 0) is 9.84 Å². The summed E-state index contributed by atoms with van der Waals surface area (Å²) < 4.78 is 35.9. The molecule has 1 heterocycles. The molecule has 0 radical (unpaired) electrons. The smallest absolute Gasteiger partial charge is 0.325 e. The summed E-state index contributed by atoms with van der Waals surface area (Å²) in [6, 6.07) is 14.8. The fourth-order valence-electron chi connectivity index (χ4n) is 2.05. The lowest BCUT2D eigenvalue weighted by molar-refractivity contribution is 0.298. The number of methoxy groups -OCH3 is 1. The quantitative estimate of drug-likeness (QED) is 0.715. The number of hydrogen-bond donors (Lipinski definition) is 0. The van der Waals surface area contributed by atoms with Crippen LogP contribution in [0, 0.1) is 0 Å². The maximum absolute atomic E-state index is 12.7. The number of sulfone groups is 1. The van der Waals surface area contributed by atoms with Crippen molar-refractivity contribution in [3.05, 3.63) is 59.6 Å². The lowest BCUT2D eigenvalue weighted by atomic mass is 10.2. The molecule has 0 saturated carbocycles. The molecule has 0 atom stereocenters. The zero-order chi connectivity index (χ0) is 16.4. The summed E-state index contributed by atoms with van der Waals surface area (Å²) in [7, 11) is -2.53. The lowest BCUT2D eigenvalue weighted by Gasteiger charge is -2.01. The van der Waals surface area contributed by atoms with Crippen LogP contribution in [0.5, 0.6) is 5.95 Å². The van der Waals surface area contributed by atoms with Gasteiger partial charge in [0.1, 0.15) is 0 Å². The Labute approximate surface area is 138 Å². The highest BCUT2D eigenvalue weighted by Gasteiger charge is 2.29. The third-order valence-electron chi connectivity index (χ3n) is 3.16. The van der Waals surface area contributed by atoms with Crippen LogP contribution in [0.1, 0.15) is 0 Å². The van der Waals surface area contributed by atoms with E-state index in [9.17, 15) is 8.42 Å². The molecule has 23 heavy (non-hydrogen) atoms. The Kier molecular flexibility index (Phi) is 4.11. The fourth-order valence-corrected chi connectivity index (χ4v) is 3.55. The number of ether oxygens (including phenoxy) is 1. The molecule has 3 aromatic rings. The predicted molar refractivity (Wildman–Crippen MR) is 85.4 cm³/mol. The molecule has 118 valence electrons. The van der Waals surface area contributed by atoms with Crippen molar-refractivity contribution in [2.24, 2.45) is 0 Å². The first-order valence-corrected chi connectivity index (χ1v) is 8.50. The molecule has 1 aromatic heterocycles. The number of aromatic nitrogens is 1. The number of hydrogen-bond acceptors (Lipinski definition) is 5. The van der Waals surface area contributed by atoms with Gasteiger partial charge >= 0.3 is 5.95 Å². The van der Waals surface area contributed by atoms with Gasteiger partial charge in [0, 0.05) is 0 Å². The maximum atomic E-state index is 12.7. The second-order valence-corrected chi connectivity index (χ2v) is 6.88. The Morgan fingerprint density at radius 3 is 2.35 bits per heavy atom. The van der Waals surface area contributed by atoms with Gasteiger partial charge in [0.25, 0.3) is 0 Å². The van der Waals surface area contributed by atoms with Crippen molar-refractivity contribution in [2.45, 2.75) is 9.92 Å². The maximum Gasteiger partial charge on any atom is 0.325 e. The Morgan fingerprint density at radius 2 is 1.70 bits per heavy atom. The number of rotatable bonds is 4. The minimum atomic E-state index is -3.85. The van der Waals surface area contributed by atoms with E-state index in [-0.39, 0.29) is 21.8 Å². The van der Waals surface area contributed by atoms with Crippen molar-refractivity contribution < 1.29 is 17.6 Å². The zero-order valence-corrected chi connectivity index (χ0v) is 13.6. The van der Waals surface area contributed by atoms with Crippen molar-refractivity contribution >= 4 is 21.4 Å². The molecule has 0 aliphatic carbocycles. The highest BCUT2D eigenvalue weighted by atomic mass is 35.5. The van der Waals surface area contributed by atoms with Crippen LogP contribution in [-0.4, -0.2) is 20.5 Å². The second-order valence-electron chi connectivity index (χ2n) is 4.61. The van der Waals surface area contributed by atoms with Crippen LogP contribution in [0.2, 0.25) is 5.02 Å². The van der Waals surface area contributed by atoms with Crippen molar-refractivity contribution in [1.82, 2.24) is 4.98 Å². The summed E-state index contributed by atoms with van der Waals surface area (Å²) in [4.78, 5) is 4.20. The number of halogens is 1. The lowest BCUT2D eigenvalue weighted by Crippen LogP contribution is -2.04. The van der Waals surface area contributed by atoms with Crippen LogP contribution >= 0.6 is 11.6 Å². The Hall–Kier alpha value is -2.31. The third kappa shape index (κ3) is 2.83. The van der Waals surface area contributed by atoms with Crippen LogP contribution in [0.25, 0.3) is 11.5 Å². The number of benzene rings is 2. The Bertz CT molecular complexity index is 936. The van der Waals surface area contributed by atoms with Gasteiger partial charge in [-0.25, -0.2) is 8.42 Å². The standard InChI is InChI=1S/C16H12ClNO4S/c1-21-16-15(23(19,20)11-7-3-2-4-8-11)18-14(22-16)12-9-5-6-10-13(12)17/h2-10H,1H3. The largest absolute Gasteiger partial charge is 0.466 e. The van der Waals surface area contributed by atoms with Crippen molar-refractivity contribution in [2.75, 3.05) is 7.11 Å². The van der Waals surface area contributed by atoms with Gasteiger partial charge in [-0.1, -0.05) is 41.9 Å². The van der Waals surface area contributed by atoms with Crippen molar-refractivity contribution in [3.8, 4) is 17.4 Å². The average Bonchev–Trinajstić information content (AvgIpc) is 3.01. The van der Waals surface area contributed by atoms with E-state index in [1.807, 2.05) is 0 Å². The molecule has 0 bridgehead atoms. The predicted octanol–water partition coefficient (Wildman–Crippen LogP) is 3.84. The van der Waals surface area contributed by atoms with Gasteiger partial charge in [0.05, 0.1) is 22.6 Å². The van der Waals surface area contributed by atoms with Gasteiger partial charge in [-0.15, -0.1) is 0 Å². The summed E-state index contributed by atoms with van der Waals surface area (Å²) in [5.74, 6) is -0.0919. The minimum absolute atomic E-state index is 0.0851. The topological polar surface area (TPSA) is 69.4 Å². The first kappa shape index (κ1) is 15.6. The Balaban J connectivity index is 2.16. The highest BCUT2D eigenvalue weighted by molar-refractivity contribution is 7.91. The van der Waals surface area contributed by atoms with Gasteiger partial charge in [-0.05, 0) is 24.3 Å². The van der Waals surface area contributed by atoms with Crippen molar-refractivity contribution in [3.63, 3.8) is 0 Å². The molecule has 2 aromatic carbocycles.